The second-order valence-corrected chi connectivity index (χ2v) is 10.1. The van der Waals surface area contributed by atoms with Crippen LogP contribution in [0.5, 0.6) is 11.5 Å². The van der Waals surface area contributed by atoms with E-state index in [1.807, 2.05) is 49.4 Å². The summed E-state index contributed by atoms with van der Waals surface area (Å²) in [6.45, 7) is 1.84. The van der Waals surface area contributed by atoms with Crippen LogP contribution in [0.1, 0.15) is 34.0 Å². The molecule has 0 radical (unpaired) electrons. The minimum atomic E-state index is -1.08. The van der Waals surface area contributed by atoms with E-state index in [4.69, 9.17) is 32.7 Å². The molecule has 0 bridgehead atoms. The smallest absolute Gasteiger partial charge is 0.323 e. The molecule has 1 aliphatic heterocycles. The Kier molecular flexibility index (Phi) is 7.76. The summed E-state index contributed by atoms with van der Waals surface area (Å²) in [6.07, 6.45) is 1.70. The van der Waals surface area contributed by atoms with Gasteiger partial charge in [0.2, 0.25) is 0 Å². The molecule has 1 unspecified atom stereocenters. The van der Waals surface area contributed by atoms with Crippen LogP contribution in [-0.4, -0.2) is 47.7 Å². The topological polar surface area (TPSA) is 76.1 Å². The van der Waals surface area contributed by atoms with E-state index in [0.717, 1.165) is 16.7 Å². The predicted molar refractivity (Wildman–Crippen MR) is 140 cm³/mol. The Morgan fingerprint density at radius 1 is 1.06 bits per heavy atom. The third-order valence-electron chi connectivity index (χ3n) is 6.18. The van der Waals surface area contributed by atoms with Gasteiger partial charge in [0.15, 0.2) is 11.5 Å². The zero-order valence-electron chi connectivity index (χ0n) is 20.1. The third-order valence-corrected chi connectivity index (χ3v) is 6.66. The number of aliphatic carboxylic acids is 1. The fourth-order valence-corrected chi connectivity index (χ4v) is 4.89. The van der Waals surface area contributed by atoms with Crippen LogP contribution in [0.2, 0.25) is 10.0 Å². The first-order valence-electron chi connectivity index (χ1n) is 11.6. The van der Waals surface area contributed by atoms with Crippen LogP contribution >= 0.6 is 23.2 Å². The lowest BCUT2D eigenvalue weighted by Gasteiger charge is -2.24. The highest BCUT2D eigenvalue weighted by molar-refractivity contribution is 6.30. The number of hydrogen-bond acceptors (Lipinski definition) is 4. The zero-order chi connectivity index (χ0) is 25.9. The number of benzene rings is 3. The third kappa shape index (κ3) is 6.12. The largest absolute Gasteiger partial charge is 0.493 e. The highest BCUT2D eigenvalue weighted by Gasteiger charge is 2.38. The van der Waals surface area contributed by atoms with Gasteiger partial charge in [0.1, 0.15) is 12.1 Å². The van der Waals surface area contributed by atoms with Gasteiger partial charge in [-0.2, -0.15) is 0 Å². The standard InChI is InChI=1S/C28H27Cl2NO5/c1-28(15-19-6-8-22(29)9-7-19)16-21-13-20(14-24(35-2)26(21)36-28)27(34)31(17-25(32)33)11-10-18-4-3-5-23(30)12-18/h3-9,12-14H,10-11,15-17H2,1-2H3,(H,32,33). The van der Waals surface area contributed by atoms with E-state index in [-0.39, 0.29) is 12.5 Å². The van der Waals surface area contributed by atoms with E-state index < -0.39 is 18.1 Å². The summed E-state index contributed by atoms with van der Waals surface area (Å²) in [4.78, 5) is 26.3. The molecule has 0 aromatic heterocycles. The molecule has 1 amide bonds. The van der Waals surface area contributed by atoms with Gasteiger partial charge in [-0.05, 0) is 60.9 Å². The molecule has 6 nitrogen and oxygen atoms in total. The molecule has 0 saturated heterocycles. The SMILES string of the molecule is COc1cc(C(=O)N(CCc2cccc(Cl)c2)CC(=O)O)cc2c1OC(C)(Cc1ccc(Cl)cc1)C2. The molecular formula is C28H27Cl2NO5. The molecule has 1 aliphatic rings. The molecule has 0 spiro atoms. The van der Waals surface area contributed by atoms with Crippen LogP contribution in [0.15, 0.2) is 60.7 Å². The molecule has 0 aliphatic carbocycles. The normalized spacial score (nSPS) is 16.2. The summed E-state index contributed by atoms with van der Waals surface area (Å²) in [7, 11) is 1.52. The van der Waals surface area contributed by atoms with E-state index in [9.17, 15) is 14.7 Å². The van der Waals surface area contributed by atoms with Gasteiger partial charge in [0.25, 0.3) is 5.91 Å². The lowest BCUT2D eigenvalue weighted by molar-refractivity contribution is -0.137. The zero-order valence-corrected chi connectivity index (χ0v) is 21.6. The molecule has 1 N–H and O–H groups in total. The predicted octanol–water partition coefficient (Wildman–Crippen LogP) is 5.71. The van der Waals surface area contributed by atoms with Crippen molar-refractivity contribution in [3.63, 3.8) is 0 Å². The minimum Gasteiger partial charge on any atom is -0.493 e. The first-order valence-corrected chi connectivity index (χ1v) is 12.3. The minimum absolute atomic E-state index is 0.232. The fraction of sp³-hybridized carbons (Fsp3) is 0.286. The summed E-state index contributed by atoms with van der Waals surface area (Å²) >= 11 is 12.1. The van der Waals surface area contributed by atoms with Crippen molar-refractivity contribution in [2.24, 2.45) is 0 Å². The average Bonchev–Trinajstić information content (AvgIpc) is 3.17. The molecule has 3 aromatic rings. The molecule has 8 heteroatoms. The summed E-state index contributed by atoms with van der Waals surface area (Å²) in [5.74, 6) is -0.414. The Morgan fingerprint density at radius 2 is 1.81 bits per heavy atom. The maximum atomic E-state index is 13.4. The Hall–Kier alpha value is -3.22. The molecule has 3 aromatic carbocycles. The number of carboxylic acids is 1. The first kappa shape index (κ1) is 25.9. The highest BCUT2D eigenvalue weighted by Crippen LogP contribution is 2.44. The lowest BCUT2D eigenvalue weighted by Crippen LogP contribution is -2.37. The van der Waals surface area contributed by atoms with Crippen LogP contribution in [0.25, 0.3) is 0 Å². The molecule has 4 rings (SSSR count). The molecular weight excluding hydrogens is 501 g/mol. The van der Waals surface area contributed by atoms with E-state index >= 15 is 0 Å². The van der Waals surface area contributed by atoms with Gasteiger partial charge in [-0.15, -0.1) is 0 Å². The number of rotatable bonds is 9. The van der Waals surface area contributed by atoms with Crippen molar-refractivity contribution >= 4 is 35.1 Å². The Morgan fingerprint density at radius 3 is 2.47 bits per heavy atom. The second kappa shape index (κ2) is 10.8. The molecule has 0 fully saturated rings. The summed E-state index contributed by atoms with van der Waals surface area (Å²) < 4.78 is 11.9. The number of ether oxygens (including phenoxy) is 2. The number of amides is 1. The fourth-order valence-electron chi connectivity index (χ4n) is 4.55. The van der Waals surface area contributed by atoms with Crippen LogP contribution in [0.4, 0.5) is 0 Å². The van der Waals surface area contributed by atoms with Crippen molar-refractivity contribution < 1.29 is 24.2 Å². The molecule has 0 saturated carbocycles. The maximum Gasteiger partial charge on any atom is 0.323 e. The van der Waals surface area contributed by atoms with Crippen LogP contribution in [0, 0.1) is 0 Å². The lowest BCUT2D eigenvalue weighted by atomic mass is 9.91. The van der Waals surface area contributed by atoms with Crippen molar-refractivity contribution in [1.82, 2.24) is 4.90 Å². The number of carbonyl (C=O) groups excluding carboxylic acids is 1. The van der Waals surface area contributed by atoms with Crippen LogP contribution < -0.4 is 9.47 Å². The molecule has 188 valence electrons. The molecule has 1 atom stereocenters. The average molecular weight is 528 g/mol. The van der Waals surface area contributed by atoms with E-state index in [0.29, 0.717) is 46.4 Å². The van der Waals surface area contributed by atoms with Crippen molar-refractivity contribution in [3.8, 4) is 11.5 Å². The van der Waals surface area contributed by atoms with Crippen LogP contribution in [-0.2, 0) is 24.1 Å². The van der Waals surface area contributed by atoms with Gasteiger partial charge < -0.3 is 19.5 Å². The highest BCUT2D eigenvalue weighted by atomic mass is 35.5. The number of halogens is 2. The van der Waals surface area contributed by atoms with Gasteiger partial charge in [0, 0.05) is 40.6 Å². The van der Waals surface area contributed by atoms with Gasteiger partial charge >= 0.3 is 5.97 Å². The van der Waals surface area contributed by atoms with Gasteiger partial charge in [-0.25, -0.2) is 0 Å². The number of fused-ring (bicyclic) bond motifs is 1. The van der Waals surface area contributed by atoms with Gasteiger partial charge in [-0.1, -0.05) is 47.5 Å². The first-order chi connectivity index (χ1) is 17.2. The summed E-state index contributed by atoms with van der Waals surface area (Å²) in [6, 6.07) is 18.3. The Balaban J connectivity index is 1.56. The van der Waals surface area contributed by atoms with E-state index in [2.05, 4.69) is 0 Å². The Labute approximate surface area is 220 Å². The molecule has 1 heterocycles. The monoisotopic (exact) mass is 527 g/mol. The molecule has 36 heavy (non-hydrogen) atoms. The van der Waals surface area contributed by atoms with E-state index in [1.165, 1.54) is 12.0 Å². The number of carbonyl (C=O) groups is 2. The number of methoxy groups -OCH3 is 1. The van der Waals surface area contributed by atoms with Crippen molar-refractivity contribution in [3.05, 3.63) is 93.0 Å². The number of hydrogen-bond donors (Lipinski definition) is 1. The van der Waals surface area contributed by atoms with Crippen molar-refractivity contribution in [2.75, 3.05) is 20.2 Å². The maximum absolute atomic E-state index is 13.4. The quantitative estimate of drug-likeness (QED) is 0.385. The number of nitrogens with zero attached hydrogens (tertiary/aromatic N) is 1. The number of carboxylic acid groups (broad SMARTS) is 1. The van der Waals surface area contributed by atoms with Gasteiger partial charge in [-0.3, -0.25) is 9.59 Å². The van der Waals surface area contributed by atoms with Gasteiger partial charge in [0.05, 0.1) is 7.11 Å². The summed E-state index contributed by atoms with van der Waals surface area (Å²) in [5.41, 5.74) is 2.68. The van der Waals surface area contributed by atoms with Crippen LogP contribution in [0.3, 0.4) is 0 Å². The van der Waals surface area contributed by atoms with Crippen molar-refractivity contribution in [2.45, 2.75) is 31.8 Å². The summed E-state index contributed by atoms with van der Waals surface area (Å²) in [5, 5.41) is 10.7. The van der Waals surface area contributed by atoms with Crippen molar-refractivity contribution in [1.29, 1.82) is 0 Å². The second-order valence-electron chi connectivity index (χ2n) is 9.20. The van der Waals surface area contributed by atoms with E-state index in [1.54, 1.807) is 18.2 Å². The Bertz CT molecular complexity index is 1280.